The zero-order valence-corrected chi connectivity index (χ0v) is 16.9. The van der Waals surface area contributed by atoms with Crippen molar-refractivity contribution in [2.24, 2.45) is 0 Å². The van der Waals surface area contributed by atoms with E-state index in [9.17, 15) is 0 Å². The Labute approximate surface area is 169 Å². The molecule has 1 aromatic carbocycles. The third kappa shape index (κ3) is 4.44. The van der Waals surface area contributed by atoms with Crippen LogP contribution in [0.4, 0.5) is 11.4 Å². The first-order valence-electron chi connectivity index (χ1n) is 7.95. The number of thiophene rings is 1. The van der Waals surface area contributed by atoms with Gasteiger partial charge in [0.25, 0.3) is 0 Å². The highest BCUT2D eigenvalue weighted by Gasteiger charge is 2.27. The van der Waals surface area contributed by atoms with Crippen molar-refractivity contribution in [3.8, 4) is 0 Å². The summed E-state index contributed by atoms with van der Waals surface area (Å²) in [6.07, 6.45) is 1.23. The zero-order chi connectivity index (χ0) is 15.6. The van der Waals surface area contributed by atoms with E-state index in [1.165, 1.54) is 17.0 Å². The number of hydrogen-bond acceptors (Lipinski definition) is 5. The van der Waals surface area contributed by atoms with Gasteiger partial charge in [-0.1, -0.05) is 6.07 Å². The molecule has 2 aliphatic rings. The summed E-state index contributed by atoms with van der Waals surface area (Å²) in [5, 5.41) is 16.9. The number of nitrogens with one attached hydrogen (secondary N) is 3. The van der Waals surface area contributed by atoms with Gasteiger partial charge in [-0.2, -0.15) is 0 Å². The number of anilines is 2. The van der Waals surface area contributed by atoms with E-state index >= 15 is 0 Å². The third-order valence-electron chi connectivity index (χ3n) is 4.37. The Balaban J connectivity index is 0.00000113. The summed E-state index contributed by atoms with van der Waals surface area (Å²) < 4.78 is 0. The molecule has 2 aliphatic heterocycles. The maximum atomic E-state index is 8.17. The topological polar surface area (TPSA) is 51.2 Å². The molecule has 0 amide bonds. The Morgan fingerprint density at radius 1 is 1.28 bits per heavy atom. The predicted octanol–water partition coefficient (Wildman–Crippen LogP) is 4.30. The summed E-state index contributed by atoms with van der Waals surface area (Å²) in [5.74, 6) is 1.60. The number of amidine groups is 1. The second kappa shape index (κ2) is 9.14. The van der Waals surface area contributed by atoms with Gasteiger partial charge in [-0.05, 0) is 42.6 Å². The molecule has 25 heavy (non-hydrogen) atoms. The predicted molar refractivity (Wildman–Crippen MR) is 115 cm³/mol. The van der Waals surface area contributed by atoms with Crippen molar-refractivity contribution in [1.29, 1.82) is 5.41 Å². The van der Waals surface area contributed by atoms with Gasteiger partial charge in [-0.25, -0.2) is 0 Å². The van der Waals surface area contributed by atoms with Crippen molar-refractivity contribution >= 4 is 65.1 Å². The molecule has 1 fully saturated rings. The van der Waals surface area contributed by atoms with Crippen LogP contribution in [0.3, 0.4) is 0 Å². The van der Waals surface area contributed by atoms with Crippen molar-refractivity contribution in [2.75, 3.05) is 35.6 Å². The van der Waals surface area contributed by atoms with Crippen LogP contribution in [0.15, 0.2) is 40.6 Å². The monoisotopic (exact) mass is 416 g/mol. The molecule has 8 heteroatoms. The van der Waals surface area contributed by atoms with E-state index in [4.69, 9.17) is 5.41 Å². The number of thioether (sulfide) groups is 1. The van der Waals surface area contributed by atoms with Crippen molar-refractivity contribution in [3.63, 3.8) is 0 Å². The second-order valence-electron chi connectivity index (χ2n) is 5.85. The first-order chi connectivity index (χ1) is 11.3. The molecule has 4 nitrogen and oxygen atoms in total. The van der Waals surface area contributed by atoms with E-state index in [0.29, 0.717) is 11.9 Å². The Morgan fingerprint density at radius 3 is 2.88 bits per heavy atom. The van der Waals surface area contributed by atoms with Gasteiger partial charge >= 0.3 is 0 Å². The van der Waals surface area contributed by atoms with E-state index in [0.717, 1.165) is 36.0 Å². The number of rotatable bonds is 3. The summed E-state index contributed by atoms with van der Waals surface area (Å²) in [6, 6.07) is 11.1. The molecule has 2 aromatic rings. The fourth-order valence-corrected chi connectivity index (χ4v) is 4.91. The van der Waals surface area contributed by atoms with Crippen LogP contribution in [0.2, 0.25) is 0 Å². The van der Waals surface area contributed by atoms with Crippen LogP contribution in [-0.4, -0.2) is 37.3 Å². The molecule has 3 heterocycles. The molecule has 0 aliphatic carbocycles. The maximum Gasteiger partial charge on any atom is 0.140 e. The molecular weight excluding hydrogens is 395 g/mol. The largest absolute Gasteiger partial charge is 0.365 e. The molecular formula is C17H22Cl2N4S2. The van der Waals surface area contributed by atoms with Gasteiger partial charge in [-0.3, -0.25) is 5.41 Å². The summed E-state index contributed by atoms with van der Waals surface area (Å²) in [4.78, 5) is 4.85. The molecule has 0 saturated carbocycles. The van der Waals surface area contributed by atoms with Gasteiger partial charge < -0.3 is 15.5 Å². The van der Waals surface area contributed by atoms with E-state index in [2.05, 4.69) is 33.7 Å². The highest BCUT2D eigenvalue weighted by Crippen LogP contribution is 2.38. The van der Waals surface area contributed by atoms with E-state index < -0.39 is 0 Å². The molecule has 1 aromatic heterocycles. The first kappa shape index (κ1) is 20.4. The minimum atomic E-state index is 0. The second-order valence-corrected chi connectivity index (χ2v) is 7.93. The molecule has 0 radical (unpaired) electrons. The summed E-state index contributed by atoms with van der Waals surface area (Å²) in [5.41, 5.74) is 2.35. The number of nitrogens with zero attached hydrogens (tertiary/aromatic N) is 1. The van der Waals surface area contributed by atoms with E-state index in [1.54, 1.807) is 11.3 Å². The SMILES string of the molecule is Cl.Cl.N=C(Nc1ccc2c(c1)SCCN2C1CCNC1)c1cccs1. The Kier molecular flexibility index (Phi) is 7.46. The molecule has 1 saturated heterocycles. The van der Waals surface area contributed by atoms with Crippen LogP contribution in [0.5, 0.6) is 0 Å². The number of fused-ring (bicyclic) bond motifs is 1. The average molecular weight is 417 g/mol. The lowest BCUT2D eigenvalue weighted by atomic mass is 10.1. The van der Waals surface area contributed by atoms with Crippen LogP contribution in [0.1, 0.15) is 11.3 Å². The van der Waals surface area contributed by atoms with Crippen LogP contribution < -0.4 is 15.5 Å². The van der Waals surface area contributed by atoms with Gasteiger partial charge in [0.1, 0.15) is 5.84 Å². The van der Waals surface area contributed by atoms with Crippen molar-refractivity contribution < 1.29 is 0 Å². The molecule has 1 atom stereocenters. The normalized spacial score (nSPS) is 18.7. The van der Waals surface area contributed by atoms with Gasteiger partial charge in [0.15, 0.2) is 0 Å². The molecule has 136 valence electrons. The van der Waals surface area contributed by atoms with E-state index in [1.807, 2.05) is 29.3 Å². The van der Waals surface area contributed by atoms with Gasteiger partial charge in [0.05, 0.1) is 10.6 Å². The molecule has 4 rings (SSSR count). The Hall–Kier alpha value is -0.920. The molecule has 0 bridgehead atoms. The van der Waals surface area contributed by atoms with Gasteiger partial charge in [-0.15, -0.1) is 47.9 Å². The molecule has 3 N–H and O–H groups in total. The molecule has 1 unspecified atom stereocenters. The lowest BCUT2D eigenvalue weighted by Gasteiger charge is -2.35. The maximum absolute atomic E-state index is 8.17. The Bertz CT molecular complexity index is 703. The fraction of sp³-hybridized carbons (Fsp3) is 0.353. The van der Waals surface area contributed by atoms with Crippen LogP contribution in [0, 0.1) is 5.41 Å². The highest BCUT2D eigenvalue weighted by molar-refractivity contribution is 7.99. The fourth-order valence-electron chi connectivity index (χ4n) is 3.23. The first-order valence-corrected chi connectivity index (χ1v) is 9.81. The minimum Gasteiger partial charge on any atom is -0.365 e. The highest BCUT2D eigenvalue weighted by atomic mass is 35.5. The van der Waals surface area contributed by atoms with Crippen LogP contribution >= 0.6 is 47.9 Å². The van der Waals surface area contributed by atoms with Crippen molar-refractivity contribution in [3.05, 3.63) is 40.6 Å². The van der Waals surface area contributed by atoms with Crippen molar-refractivity contribution in [1.82, 2.24) is 5.32 Å². The van der Waals surface area contributed by atoms with Crippen LogP contribution in [-0.2, 0) is 0 Å². The van der Waals surface area contributed by atoms with Gasteiger partial charge in [0.2, 0.25) is 0 Å². The smallest absolute Gasteiger partial charge is 0.140 e. The number of hydrogen-bond donors (Lipinski definition) is 3. The lowest BCUT2D eigenvalue weighted by Crippen LogP contribution is -2.40. The number of benzene rings is 1. The Morgan fingerprint density at radius 2 is 2.16 bits per heavy atom. The number of halogens is 2. The quantitative estimate of drug-likeness (QED) is 0.515. The summed E-state index contributed by atoms with van der Waals surface area (Å²) in [6.45, 7) is 3.34. The summed E-state index contributed by atoms with van der Waals surface area (Å²) in [7, 11) is 0. The lowest BCUT2D eigenvalue weighted by molar-refractivity contribution is 0.642. The van der Waals surface area contributed by atoms with Gasteiger partial charge in [0, 0.05) is 35.5 Å². The molecule has 0 spiro atoms. The van der Waals surface area contributed by atoms with Crippen molar-refractivity contribution in [2.45, 2.75) is 17.4 Å². The van der Waals surface area contributed by atoms with Crippen LogP contribution in [0.25, 0.3) is 0 Å². The zero-order valence-electron chi connectivity index (χ0n) is 13.7. The third-order valence-corrected chi connectivity index (χ3v) is 6.28. The van der Waals surface area contributed by atoms with E-state index in [-0.39, 0.29) is 24.8 Å². The summed E-state index contributed by atoms with van der Waals surface area (Å²) >= 11 is 3.51. The average Bonchev–Trinajstić information content (AvgIpc) is 3.27. The standard InChI is InChI=1S/C17H20N4S2.2ClH/c18-17(15-2-1-8-22-15)20-12-3-4-14-16(10-12)23-9-7-21(14)13-5-6-19-11-13;;/h1-4,8,10,13,19H,5-7,9,11H2,(H2,18,20);2*1H. The minimum absolute atomic E-state index is 0.